The molecule has 1 spiro atoms. The van der Waals surface area contributed by atoms with E-state index in [1.807, 2.05) is 17.9 Å². The van der Waals surface area contributed by atoms with Crippen LogP contribution in [0.2, 0.25) is 5.02 Å². The highest BCUT2D eigenvalue weighted by atomic mass is 35.5. The van der Waals surface area contributed by atoms with Crippen molar-refractivity contribution in [1.29, 1.82) is 0 Å². The van der Waals surface area contributed by atoms with Crippen LogP contribution in [0.5, 0.6) is 0 Å². The number of carbonyl (C=O) groups excluding carboxylic acids is 2. The second-order valence-electron chi connectivity index (χ2n) is 12.7. The lowest BCUT2D eigenvalue weighted by atomic mass is 9.86. The van der Waals surface area contributed by atoms with E-state index >= 15 is 0 Å². The molecule has 2 aliphatic carbocycles. The molecule has 3 fully saturated rings. The summed E-state index contributed by atoms with van der Waals surface area (Å²) in [5, 5.41) is 3.52. The Morgan fingerprint density at radius 3 is 2.71 bits per heavy atom. The molecule has 42 heavy (non-hydrogen) atoms. The summed E-state index contributed by atoms with van der Waals surface area (Å²) >= 11 is 6.71. The van der Waals surface area contributed by atoms with Crippen molar-refractivity contribution >= 4 is 38.9 Å². The number of carbonyl (C=O) groups is 2. The molecule has 2 bridgehead atoms. The number of piperidine rings is 1. The summed E-state index contributed by atoms with van der Waals surface area (Å²) in [6, 6.07) is 10.1. The van der Waals surface area contributed by atoms with Crippen molar-refractivity contribution in [3.05, 3.63) is 58.2 Å². The third kappa shape index (κ3) is 5.47. The fourth-order valence-electron chi connectivity index (χ4n) is 7.62. The van der Waals surface area contributed by atoms with Gasteiger partial charge in [0.25, 0.3) is 0 Å². The molecule has 0 radical (unpaired) electrons. The van der Waals surface area contributed by atoms with E-state index in [4.69, 9.17) is 22.1 Å². The Morgan fingerprint density at radius 1 is 1.19 bits per heavy atom. The zero-order chi connectivity index (χ0) is 29.8. The molecule has 2 saturated carbocycles. The van der Waals surface area contributed by atoms with Crippen molar-refractivity contribution < 1.29 is 22.7 Å². The van der Waals surface area contributed by atoms with Gasteiger partial charge in [0.05, 0.1) is 22.7 Å². The van der Waals surface area contributed by atoms with Gasteiger partial charge in [-0.25, -0.2) is 13.2 Å². The van der Waals surface area contributed by atoms with Gasteiger partial charge in [0.1, 0.15) is 0 Å². The Bertz CT molecular complexity index is 1590. The van der Waals surface area contributed by atoms with Crippen molar-refractivity contribution in [2.45, 2.75) is 55.9 Å². The first-order valence-corrected chi connectivity index (χ1v) is 17.0. The number of esters is 1. The zero-order valence-corrected chi connectivity index (χ0v) is 25.7. The van der Waals surface area contributed by atoms with Gasteiger partial charge in [-0.1, -0.05) is 30.2 Å². The Morgan fingerprint density at radius 2 is 2.00 bits per heavy atom. The maximum absolute atomic E-state index is 13.3. The number of hydrogen-bond acceptors (Lipinski definition) is 7. The lowest BCUT2D eigenvalue weighted by molar-refractivity contribution is -0.149. The summed E-state index contributed by atoms with van der Waals surface area (Å²) in [6.07, 6.45) is 7.68. The van der Waals surface area contributed by atoms with E-state index in [1.54, 1.807) is 30.3 Å². The molecule has 4 atom stereocenters. The van der Waals surface area contributed by atoms with E-state index in [2.05, 4.69) is 5.32 Å². The number of nitrogens with two attached hydrogens (primary N) is 1. The van der Waals surface area contributed by atoms with Crippen LogP contribution in [0.15, 0.2) is 47.0 Å². The molecular formula is C32H38ClN3O5S. The summed E-state index contributed by atoms with van der Waals surface area (Å²) in [5.41, 5.74) is 9.05. The smallest absolute Gasteiger partial charge is 0.341 e. The number of sulfone groups is 1. The topological polar surface area (TPSA) is 119 Å². The summed E-state index contributed by atoms with van der Waals surface area (Å²) in [4.78, 5) is 28.4. The predicted molar refractivity (Wildman–Crippen MR) is 162 cm³/mol. The van der Waals surface area contributed by atoms with Crippen molar-refractivity contribution in [1.82, 2.24) is 10.2 Å². The number of amides is 1. The third-order valence-electron chi connectivity index (χ3n) is 9.76. The molecule has 1 amide bonds. The SMILES string of the molecule is Cc1cc(-c2cccc(S(C)(=O)=O)c2)c(Cl)cc1C1=C(N)C2(CCCN(CC(=O)NCC3CC4CCC3C4)C2)OC1=O. The molecule has 4 aliphatic rings. The van der Waals surface area contributed by atoms with Crippen LogP contribution < -0.4 is 11.1 Å². The number of aryl methyl sites for hydroxylation is 1. The first-order valence-electron chi connectivity index (χ1n) is 14.8. The van der Waals surface area contributed by atoms with E-state index in [0.29, 0.717) is 51.9 Å². The van der Waals surface area contributed by atoms with Crippen molar-refractivity contribution in [3.8, 4) is 11.1 Å². The van der Waals surface area contributed by atoms with Gasteiger partial charge < -0.3 is 15.8 Å². The minimum atomic E-state index is -3.39. The van der Waals surface area contributed by atoms with E-state index < -0.39 is 21.4 Å². The molecule has 2 aliphatic heterocycles. The first kappa shape index (κ1) is 29.2. The Kier molecular flexibility index (Phi) is 7.64. The molecule has 8 nitrogen and oxygen atoms in total. The number of nitrogens with one attached hydrogen (secondary N) is 1. The Hall–Kier alpha value is -2.88. The maximum Gasteiger partial charge on any atom is 0.341 e. The van der Waals surface area contributed by atoms with Crippen molar-refractivity contribution in [3.63, 3.8) is 0 Å². The van der Waals surface area contributed by atoms with Gasteiger partial charge in [-0.15, -0.1) is 0 Å². The van der Waals surface area contributed by atoms with Crippen LogP contribution in [-0.2, 0) is 24.2 Å². The molecule has 4 unspecified atom stereocenters. The zero-order valence-electron chi connectivity index (χ0n) is 24.1. The van der Waals surface area contributed by atoms with Gasteiger partial charge in [0.2, 0.25) is 5.91 Å². The van der Waals surface area contributed by atoms with Crippen LogP contribution in [0, 0.1) is 24.7 Å². The van der Waals surface area contributed by atoms with E-state index in [-0.39, 0.29) is 17.3 Å². The lowest BCUT2D eigenvalue weighted by Gasteiger charge is -2.39. The average Bonchev–Trinajstić information content (AvgIpc) is 3.62. The predicted octanol–water partition coefficient (Wildman–Crippen LogP) is 4.33. The first-order chi connectivity index (χ1) is 19.9. The van der Waals surface area contributed by atoms with Crippen LogP contribution in [0.1, 0.15) is 49.7 Å². The number of nitrogens with zero attached hydrogens (tertiary/aromatic N) is 1. The molecule has 224 valence electrons. The minimum Gasteiger partial charge on any atom is -0.448 e. The van der Waals surface area contributed by atoms with Gasteiger partial charge in [0.15, 0.2) is 15.4 Å². The summed E-state index contributed by atoms with van der Waals surface area (Å²) < 4.78 is 30.2. The molecular weight excluding hydrogens is 574 g/mol. The van der Waals surface area contributed by atoms with Crippen LogP contribution in [0.25, 0.3) is 16.7 Å². The summed E-state index contributed by atoms with van der Waals surface area (Å²) in [6.45, 7) is 3.94. The van der Waals surface area contributed by atoms with Crippen LogP contribution >= 0.6 is 11.6 Å². The highest BCUT2D eigenvalue weighted by Gasteiger charge is 2.50. The molecule has 0 aromatic heterocycles. The van der Waals surface area contributed by atoms with Crippen molar-refractivity contribution in [2.75, 3.05) is 32.4 Å². The number of rotatable bonds is 7. The highest BCUT2D eigenvalue weighted by Crippen LogP contribution is 2.48. The molecule has 2 aromatic carbocycles. The summed E-state index contributed by atoms with van der Waals surface area (Å²) in [5.74, 6) is 1.71. The number of fused-ring (bicyclic) bond motifs is 2. The van der Waals surface area contributed by atoms with Crippen molar-refractivity contribution in [2.24, 2.45) is 23.5 Å². The second-order valence-corrected chi connectivity index (χ2v) is 15.1. The van der Waals surface area contributed by atoms with E-state index in [1.165, 1.54) is 25.7 Å². The fourth-order valence-corrected chi connectivity index (χ4v) is 8.56. The fraction of sp³-hybridized carbons (Fsp3) is 0.500. The molecule has 2 heterocycles. The van der Waals surface area contributed by atoms with Crippen LogP contribution in [0.3, 0.4) is 0 Å². The number of halogens is 1. The normalized spacial score (nSPS) is 27.6. The quantitative estimate of drug-likeness (QED) is 0.447. The van der Waals surface area contributed by atoms with Gasteiger partial charge in [-0.05, 0) is 104 Å². The number of ether oxygens (including phenoxy) is 1. The maximum atomic E-state index is 13.3. The monoisotopic (exact) mass is 611 g/mol. The molecule has 1 saturated heterocycles. The number of likely N-dealkylation sites (tertiary alicyclic amines) is 1. The van der Waals surface area contributed by atoms with E-state index in [0.717, 1.165) is 43.2 Å². The Balaban J connectivity index is 1.19. The number of benzene rings is 2. The third-order valence-corrected chi connectivity index (χ3v) is 11.2. The molecule has 10 heteroatoms. The second kappa shape index (κ2) is 11.0. The van der Waals surface area contributed by atoms with Gasteiger partial charge in [-0.2, -0.15) is 0 Å². The molecule has 3 N–H and O–H groups in total. The van der Waals surface area contributed by atoms with Gasteiger partial charge in [0, 0.05) is 29.9 Å². The van der Waals surface area contributed by atoms with Crippen LogP contribution in [0.4, 0.5) is 0 Å². The highest BCUT2D eigenvalue weighted by molar-refractivity contribution is 7.90. The minimum absolute atomic E-state index is 0.0000731. The largest absolute Gasteiger partial charge is 0.448 e. The van der Waals surface area contributed by atoms with E-state index in [9.17, 15) is 18.0 Å². The van der Waals surface area contributed by atoms with Gasteiger partial charge >= 0.3 is 5.97 Å². The lowest BCUT2D eigenvalue weighted by Crippen LogP contribution is -2.53. The Labute approximate surface area is 252 Å². The number of hydrogen-bond donors (Lipinski definition) is 2. The van der Waals surface area contributed by atoms with Crippen LogP contribution in [-0.4, -0.2) is 63.2 Å². The molecule has 6 rings (SSSR count). The average molecular weight is 612 g/mol. The molecule has 2 aromatic rings. The summed E-state index contributed by atoms with van der Waals surface area (Å²) in [7, 11) is -3.39. The standard InChI is InChI=1S/C32H38ClN3O5S/c1-19-11-26(22-5-3-6-24(14-22)42(2,39)40)27(33)15-25(19)29-30(34)32(41-31(29)38)9-4-10-36(18-32)17-28(37)35-16-23-13-20-7-8-21(23)12-20/h3,5-6,11,14-15,20-21,23H,4,7-10,12-13,16-18,34H2,1-2H3,(H,35,37). The van der Waals surface area contributed by atoms with Gasteiger partial charge in [-0.3, -0.25) is 9.69 Å².